The van der Waals surface area contributed by atoms with Crippen molar-refractivity contribution in [3.8, 4) is 0 Å². The minimum atomic E-state index is -0.960. The van der Waals surface area contributed by atoms with E-state index < -0.39 is 5.97 Å². The van der Waals surface area contributed by atoms with Gasteiger partial charge in [-0.2, -0.15) is 0 Å². The summed E-state index contributed by atoms with van der Waals surface area (Å²) in [5, 5.41) is 14.0. The van der Waals surface area contributed by atoms with Crippen LogP contribution in [0.3, 0.4) is 0 Å². The quantitative estimate of drug-likeness (QED) is 0.694. The van der Waals surface area contributed by atoms with Crippen molar-refractivity contribution in [1.29, 1.82) is 0 Å². The van der Waals surface area contributed by atoms with E-state index in [0.29, 0.717) is 16.0 Å². The Morgan fingerprint density at radius 3 is 2.62 bits per heavy atom. The van der Waals surface area contributed by atoms with Gasteiger partial charge in [-0.3, -0.25) is 0 Å². The van der Waals surface area contributed by atoms with Crippen molar-refractivity contribution in [2.45, 2.75) is 18.4 Å². The molecule has 24 heavy (non-hydrogen) atoms. The molecule has 2 aromatic rings. The fourth-order valence-electron chi connectivity index (χ4n) is 3.78. The lowest BCUT2D eigenvalue weighted by Crippen LogP contribution is -2.29. The third kappa shape index (κ3) is 2.48. The first-order valence-electron chi connectivity index (χ1n) is 7.80. The molecule has 2 aliphatic rings. The second kappa shape index (κ2) is 5.83. The van der Waals surface area contributed by atoms with E-state index in [9.17, 15) is 9.90 Å². The lowest BCUT2D eigenvalue weighted by molar-refractivity contribution is 0.0696. The normalized spacial score (nSPS) is 24.2. The largest absolute Gasteiger partial charge is 0.478 e. The molecule has 2 N–H and O–H groups in total. The number of nitrogens with one attached hydrogen (secondary N) is 1. The summed E-state index contributed by atoms with van der Waals surface area (Å²) in [6.07, 6.45) is 5.27. The van der Waals surface area contributed by atoms with E-state index in [1.807, 2.05) is 24.3 Å². The van der Waals surface area contributed by atoms with Crippen molar-refractivity contribution in [1.82, 2.24) is 0 Å². The molecule has 0 bridgehead atoms. The number of hydrogen-bond acceptors (Lipinski definition) is 2. The maximum Gasteiger partial charge on any atom is 0.335 e. The molecule has 5 heteroatoms. The van der Waals surface area contributed by atoms with Crippen LogP contribution in [0.1, 0.15) is 39.9 Å². The van der Waals surface area contributed by atoms with E-state index in [4.69, 9.17) is 23.2 Å². The lowest BCUT2D eigenvalue weighted by Gasteiger charge is -2.38. The Morgan fingerprint density at radius 1 is 1.17 bits per heavy atom. The molecule has 3 nitrogen and oxygen atoms in total. The molecule has 3 atom stereocenters. The van der Waals surface area contributed by atoms with Crippen molar-refractivity contribution in [3.05, 3.63) is 75.3 Å². The van der Waals surface area contributed by atoms with Gasteiger partial charge in [0.05, 0.1) is 22.3 Å². The van der Waals surface area contributed by atoms with E-state index in [1.54, 1.807) is 6.07 Å². The number of fused-ring (bicyclic) bond motifs is 3. The topological polar surface area (TPSA) is 49.3 Å². The Hall–Kier alpha value is -1.97. The van der Waals surface area contributed by atoms with Crippen molar-refractivity contribution >= 4 is 34.9 Å². The Morgan fingerprint density at radius 2 is 1.92 bits per heavy atom. The standard InChI is InChI=1S/C19H15Cl2NO2/c20-12-6-4-10(5-7-12)17-14-3-1-2-13(14)15-8-11(19(23)24)9-16(21)18(15)22-17/h1-2,4-9,13-14,17,22H,3H2,(H,23,24)/t13-,14+,17+/m1/s1. The summed E-state index contributed by atoms with van der Waals surface area (Å²) in [4.78, 5) is 11.3. The molecular formula is C19H15Cl2NO2. The molecular weight excluding hydrogens is 345 g/mol. The van der Waals surface area contributed by atoms with E-state index in [2.05, 4.69) is 17.5 Å². The number of carboxylic acid groups (broad SMARTS) is 1. The maximum atomic E-state index is 11.3. The number of aromatic carboxylic acids is 1. The Kier molecular flexibility index (Phi) is 3.78. The molecule has 0 saturated carbocycles. The third-order valence-corrected chi connectivity index (χ3v) is 5.45. The minimum Gasteiger partial charge on any atom is -0.478 e. The van der Waals surface area contributed by atoms with Crippen molar-refractivity contribution in [2.24, 2.45) is 5.92 Å². The first kappa shape index (κ1) is 15.6. The second-order valence-electron chi connectivity index (χ2n) is 6.25. The molecule has 0 radical (unpaired) electrons. The van der Waals surface area contributed by atoms with E-state index in [-0.39, 0.29) is 17.5 Å². The van der Waals surface area contributed by atoms with Crippen molar-refractivity contribution < 1.29 is 9.90 Å². The molecule has 0 unspecified atom stereocenters. The SMILES string of the molecule is O=C(O)c1cc(Cl)c2c(c1)[C@@H]1C=CC[C@@H]1[C@H](c1ccc(Cl)cc1)N2. The zero-order valence-electron chi connectivity index (χ0n) is 12.7. The zero-order chi connectivity index (χ0) is 16.8. The molecule has 0 amide bonds. The van der Waals surface area contributed by atoms with Crippen LogP contribution in [0.15, 0.2) is 48.6 Å². The van der Waals surface area contributed by atoms with Crippen LogP contribution in [0.25, 0.3) is 0 Å². The smallest absolute Gasteiger partial charge is 0.335 e. The molecule has 1 aliphatic heterocycles. The summed E-state index contributed by atoms with van der Waals surface area (Å²) in [6, 6.07) is 11.2. The summed E-state index contributed by atoms with van der Waals surface area (Å²) < 4.78 is 0. The maximum absolute atomic E-state index is 11.3. The monoisotopic (exact) mass is 359 g/mol. The van der Waals surface area contributed by atoms with Gasteiger partial charge in [0, 0.05) is 10.9 Å². The average Bonchev–Trinajstić information content (AvgIpc) is 3.05. The van der Waals surface area contributed by atoms with Crippen molar-refractivity contribution in [3.63, 3.8) is 0 Å². The highest BCUT2D eigenvalue weighted by Crippen LogP contribution is 2.51. The molecule has 122 valence electrons. The highest BCUT2D eigenvalue weighted by atomic mass is 35.5. The van der Waals surface area contributed by atoms with Crippen LogP contribution >= 0.6 is 23.2 Å². The molecule has 0 saturated heterocycles. The second-order valence-corrected chi connectivity index (χ2v) is 7.10. The molecule has 0 spiro atoms. The van der Waals surface area contributed by atoms with E-state index in [0.717, 1.165) is 23.2 Å². The van der Waals surface area contributed by atoms with Gasteiger partial charge in [-0.05, 0) is 47.7 Å². The molecule has 2 aromatic carbocycles. The summed E-state index contributed by atoms with van der Waals surface area (Å²) in [5.74, 6) is -0.462. The molecule has 0 fully saturated rings. The number of carbonyl (C=O) groups is 1. The predicted octanol–water partition coefficient (Wildman–Crippen LogP) is 5.52. The molecule has 0 aromatic heterocycles. The number of halogens is 2. The lowest BCUT2D eigenvalue weighted by atomic mass is 9.76. The van der Waals surface area contributed by atoms with Crippen LogP contribution in [-0.4, -0.2) is 11.1 Å². The fourth-order valence-corrected chi connectivity index (χ4v) is 4.19. The number of carboxylic acids is 1. The van der Waals surface area contributed by atoms with Gasteiger partial charge in [-0.25, -0.2) is 4.79 Å². The van der Waals surface area contributed by atoms with Crippen LogP contribution < -0.4 is 5.32 Å². The van der Waals surface area contributed by atoms with Gasteiger partial charge >= 0.3 is 5.97 Å². The summed E-state index contributed by atoms with van der Waals surface area (Å²) in [7, 11) is 0. The number of allylic oxidation sites excluding steroid dienone is 2. The van der Waals surface area contributed by atoms with Crippen LogP contribution in [0, 0.1) is 5.92 Å². The minimum absolute atomic E-state index is 0.114. The van der Waals surface area contributed by atoms with Gasteiger partial charge in [0.25, 0.3) is 0 Å². The van der Waals surface area contributed by atoms with E-state index >= 15 is 0 Å². The summed E-state index contributed by atoms with van der Waals surface area (Å²) >= 11 is 12.4. The van der Waals surface area contributed by atoms with Crippen LogP contribution in [0.5, 0.6) is 0 Å². The highest BCUT2D eigenvalue weighted by molar-refractivity contribution is 6.34. The predicted molar refractivity (Wildman–Crippen MR) is 96.2 cm³/mol. The third-order valence-electron chi connectivity index (χ3n) is 4.90. The van der Waals surface area contributed by atoms with Gasteiger partial charge in [-0.1, -0.05) is 47.5 Å². The van der Waals surface area contributed by atoms with Gasteiger partial charge in [0.2, 0.25) is 0 Å². The highest BCUT2D eigenvalue weighted by Gasteiger charge is 2.39. The fraction of sp³-hybridized carbons (Fsp3) is 0.211. The van der Waals surface area contributed by atoms with E-state index in [1.165, 1.54) is 6.07 Å². The van der Waals surface area contributed by atoms with Crippen molar-refractivity contribution in [2.75, 3.05) is 5.32 Å². The van der Waals surface area contributed by atoms with Crippen LogP contribution in [0.2, 0.25) is 10.0 Å². The Labute approximate surface area is 149 Å². The molecule has 4 rings (SSSR count). The van der Waals surface area contributed by atoms with Gasteiger partial charge in [0.1, 0.15) is 0 Å². The van der Waals surface area contributed by atoms with Crippen LogP contribution in [-0.2, 0) is 0 Å². The molecule has 1 heterocycles. The Bertz CT molecular complexity index is 845. The first-order chi connectivity index (χ1) is 11.5. The number of benzene rings is 2. The number of hydrogen-bond donors (Lipinski definition) is 2. The first-order valence-corrected chi connectivity index (χ1v) is 8.55. The van der Waals surface area contributed by atoms with Crippen LogP contribution in [0.4, 0.5) is 5.69 Å². The number of anilines is 1. The summed E-state index contributed by atoms with van der Waals surface area (Å²) in [5.41, 5.74) is 3.17. The van der Waals surface area contributed by atoms with Gasteiger partial charge < -0.3 is 10.4 Å². The molecule has 1 aliphatic carbocycles. The zero-order valence-corrected chi connectivity index (χ0v) is 14.2. The Balaban J connectivity index is 1.82. The summed E-state index contributed by atoms with van der Waals surface area (Å²) in [6.45, 7) is 0. The van der Waals surface area contributed by atoms with Gasteiger partial charge in [-0.15, -0.1) is 0 Å². The number of rotatable bonds is 2. The van der Waals surface area contributed by atoms with Gasteiger partial charge in [0.15, 0.2) is 0 Å². The average molecular weight is 360 g/mol.